The molecule has 0 spiro atoms. The number of carbonyl (C=O) groups is 1. The van der Waals surface area contributed by atoms with Crippen LogP contribution in [-0.2, 0) is 4.79 Å². The smallest absolute Gasteiger partial charge is 0.271 e. The fraction of sp³-hybridized carbons (Fsp3) is 0.321. The Bertz CT molecular complexity index is 1620. The third-order valence-electron chi connectivity index (χ3n) is 6.73. The highest BCUT2D eigenvalue weighted by Gasteiger charge is 2.36. The van der Waals surface area contributed by atoms with E-state index in [1.807, 2.05) is 45.0 Å². The van der Waals surface area contributed by atoms with Crippen molar-refractivity contribution in [1.82, 2.24) is 9.47 Å². The van der Waals surface area contributed by atoms with E-state index in [0.29, 0.717) is 62.3 Å². The van der Waals surface area contributed by atoms with E-state index in [0.717, 1.165) is 5.56 Å². The Morgan fingerprint density at radius 2 is 1.89 bits per heavy atom. The van der Waals surface area contributed by atoms with Crippen LogP contribution in [0.25, 0.3) is 6.08 Å². The molecule has 198 valence electrons. The molecule has 0 radical (unpaired) electrons. The van der Waals surface area contributed by atoms with Gasteiger partial charge in [-0.05, 0) is 62.7 Å². The molecule has 0 aliphatic carbocycles. The summed E-state index contributed by atoms with van der Waals surface area (Å²) >= 11 is 1.27. The molecule has 10 heteroatoms. The quantitative estimate of drug-likeness (QED) is 0.462. The molecule has 0 bridgehead atoms. The first-order valence-corrected chi connectivity index (χ1v) is 13.1. The third kappa shape index (κ3) is 4.34. The van der Waals surface area contributed by atoms with E-state index < -0.39 is 6.04 Å². The summed E-state index contributed by atoms with van der Waals surface area (Å²) in [5.74, 6) is 2.27. The van der Waals surface area contributed by atoms with E-state index in [9.17, 15) is 9.59 Å². The molecule has 0 saturated carbocycles. The second-order valence-corrected chi connectivity index (χ2v) is 9.79. The average Bonchev–Trinajstić information content (AvgIpc) is 3.51. The molecular formula is C28H29N3O6S. The van der Waals surface area contributed by atoms with Crippen molar-refractivity contribution in [3.05, 3.63) is 78.5 Å². The summed E-state index contributed by atoms with van der Waals surface area (Å²) in [6.45, 7) is 6.90. The maximum Gasteiger partial charge on any atom is 0.271 e. The fourth-order valence-electron chi connectivity index (χ4n) is 4.78. The molecule has 2 aliphatic heterocycles. The lowest BCUT2D eigenvalue weighted by molar-refractivity contribution is -0.127. The predicted molar refractivity (Wildman–Crippen MR) is 144 cm³/mol. The van der Waals surface area contributed by atoms with Crippen LogP contribution in [0.2, 0.25) is 0 Å². The summed E-state index contributed by atoms with van der Waals surface area (Å²) in [6, 6.07) is 10.2. The predicted octanol–water partition coefficient (Wildman–Crippen LogP) is 2.85. The number of benzene rings is 2. The lowest BCUT2D eigenvalue weighted by atomic mass is 9.93. The summed E-state index contributed by atoms with van der Waals surface area (Å²) in [7, 11) is 3.14. The van der Waals surface area contributed by atoms with Crippen LogP contribution in [0.3, 0.4) is 0 Å². The molecule has 5 rings (SSSR count). The minimum Gasteiger partial charge on any atom is -0.497 e. The molecule has 38 heavy (non-hydrogen) atoms. The Balaban J connectivity index is 1.75. The Morgan fingerprint density at radius 1 is 1.13 bits per heavy atom. The van der Waals surface area contributed by atoms with Crippen LogP contribution in [-0.4, -0.2) is 49.5 Å². The third-order valence-corrected chi connectivity index (χ3v) is 7.71. The highest BCUT2D eigenvalue weighted by molar-refractivity contribution is 7.07. The van der Waals surface area contributed by atoms with Gasteiger partial charge in [0.1, 0.15) is 17.5 Å². The van der Waals surface area contributed by atoms with Gasteiger partial charge in [0, 0.05) is 18.7 Å². The highest BCUT2D eigenvalue weighted by atomic mass is 32.1. The Labute approximate surface area is 223 Å². The zero-order valence-corrected chi connectivity index (χ0v) is 22.8. The van der Waals surface area contributed by atoms with E-state index >= 15 is 0 Å². The van der Waals surface area contributed by atoms with Crippen LogP contribution in [0.15, 0.2) is 57.5 Å². The van der Waals surface area contributed by atoms with Crippen molar-refractivity contribution in [1.29, 1.82) is 0 Å². The number of methoxy groups -OCH3 is 2. The number of hydrogen-bond acceptors (Lipinski definition) is 8. The normalized spacial score (nSPS) is 16.2. The van der Waals surface area contributed by atoms with E-state index in [1.165, 1.54) is 11.3 Å². The number of aromatic nitrogens is 1. The van der Waals surface area contributed by atoms with Gasteiger partial charge in [-0.15, -0.1) is 0 Å². The molecule has 9 nitrogen and oxygen atoms in total. The van der Waals surface area contributed by atoms with Gasteiger partial charge in [0.15, 0.2) is 16.3 Å². The SMILES string of the molecule is CCN(CC)C(=O)C1=C(C)N=c2s/c(=C/c3ccc4c(c3)OCO4)c(=O)n2[C@@H]1c1cc(OC)ccc1OC. The molecule has 2 aliphatic rings. The minimum atomic E-state index is -0.747. The number of thiazole rings is 1. The van der Waals surface area contributed by atoms with Crippen molar-refractivity contribution in [2.45, 2.75) is 26.8 Å². The number of ether oxygens (including phenoxy) is 4. The van der Waals surface area contributed by atoms with Crippen molar-refractivity contribution in [2.24, 2.45) is 4.99 Å². The Morgan fingerprint density at radius 3 is 2.61 bits per heavy atom. The number of likely N-dealkylation sites (N-methyl/N-ethyl adjacent to an activating group) is 1. The minimum absolute atomic E-state index is 0.170. The fourth-order valence-corrected chi connectivity index (χ4v) is 5.82. The van der Waals surface area contributed by atoms with Gasteiger partial charge in [-0.25, -0.2) is 4.99 Å². The molecule has 2 aromatic carbocycles. The highest BCUT2D eigenvalue weighted by Crippen LogP contribution is 2.38. The van der Waals surface area contributed by atoms with Crippen molar-refractivity contribution in [3.63, 3.8) is 0 Å². The van der Waals surface area contributed by atoms with Crippen LogP contribution in [0.5, 0.6) is 23.0 Å². The van der Waals surface area contributed by atoms with E-state index in [2.05, 4.69) is 0 Å². The average molecular weight is 536 g/mol. The summed E-state index contributed by atoms with van der Waals surface area (Å²) in [5.41, 5.74) is 2.19. The van der Waals surface area contributed by atoms with Gasteiger partial charge >= 0.3 is 0 Å². The van der Waals surface area contributed by atoms with Gasteiger partial charge in [-0.2, -0.15) is 0 Å². The Kier molecular flexibility index (Phi) is 6.98. The first kappa shape index (κ1) is 25.6. The molecule has 0 saturated heterocycles. The number of carbonyl (C=O) groups excluding carboxylic acids is 1. The molecular weight excluding hydrogens is 506 g/mol. The molecule has 3 aromatic rings. The maximum absolute atomic E-state index is 14.0. The van der Waals surface area contributed by atoms with Crippen molar-refractivity contribution in [2.75, 3.05) is 34.1 Å². The summed E-state index contributed by atoms with van der Waals surface area (Å²) < 4.78 is 24.2. The number of amides is 1. The van der Waals surface area contributed by atoms with Gasteiger partial charge in [0.25, 0.3) is 11.5 Å². The van der Waals surface area contributed by atoms with Gasteiger partial charge in [-0.3, -0.25) is 14.2 Å². The topological polar surface area (TPSA) is 91.6 Å². The van der Waals surface area contributed by atoms with Crippen molar-refractivity contribution < 1.29 is 23.7 Å². The summed E-state index contributed by atoms with van der Waals surface area (Å²) in [6.07, 6.45) is 1.80. The number of nitrogens with zero attached hydrogens (tertiary/aromatic N) is 3. The molecule has 0 N–H and O–H groups in total. The van der Waals surface area contributed by atoms with Crippen LogP contribution in [0.1, 0.15) is 37.9 Å². The molecule has 1 atom stereocenters. The van der Waals surface area contributed by atoms with Crippen molar-refractivity contribution >= 4 is 23.3 Å². The summed E-state index contributed by atoms with van der Waals surface area (Å²) in [4.78, 5) is 34.8. The van der Waals surface area contributed by atoms with Crippen LogP contribution in [0.4, 0.5) is 0 Å². The molecule has 3 heterocycles. The summed E-state index contributed by atoms with van der Waals surface area (Å²) in [5, 5.41) is 0. The van der Waals surface area contributed by atoms with Crippen LogP contribution in [0, 0.1) is 0 Å². The molecule has 0 unspecified atom stereocenters. The second-order valence-electron chi connectivity index (χ2n) is 8.78. The second kappa shape index (κ2) is 10.4. The zero-order chi connectivity index (χ0) is 27.0. The lowest BCUT2D eigenvalue weighted by Crippen LogP contribution is -2.43. The first-order valence-electron chi connectivity index (χ1n) is 12.3. The maximum atomic E-state index is 14.0. The monoisotopic (exact) mass is 535 g/mol. The van der Waals surface area contributed by atoms with Gasteiger partial charge in [0.05, 0.1) is 30.0 Å². The van der Waals surface area contributed by atoms with Crippen molar-refractivity contribution in [3.8, 4) is 23.0 Å². The number of hydrogen-bond donors (Lipinski definition) is 0. The number of allylic oxidation sites excluding steroid dienone is 1. The number of fused-ring (bicyclic) bond motifs is 2. The zero-order valence-electron chi connectivity index (χ0n) is 21.9. The Hall–Kier alpha value is -4.05. The molecule has 0 fully saturated rings. The van der Waals surface area contributed by atoms with E-state index in [4.69, 9.17) is 23.9 Å². The number of rotatable bonds is 7. The molecule has 1 amide bonds. The van der Waals surface area contributed by atoms with E-state index in [1.54, 1.807) is 41.9 Å². The largest absolute Gasteiger partial charge is 0.497 e. The van der Waals surface area contributed by atoms with Gasteiger partial charge < -0.3 is 23.8 Å². The lowest BCUT2D eigenvalue weighted by Gasteiger charge is -2.30. The first-order chi connectivity index (χ1) is 18.4. The molecule has 1 aromatic heterocycles. The van der Waals surface area contributed by atoms with Crippen LogP contribution >= 0.6 is 11.3 Å². The standard InChI is InChI=1S/C28H29N3O6S/c1-6-30(7-2)27(33)24-16(3)29-28-31(25(24)19-14-18(34-4)9-11-20(19)35-5)26(32)23(38-28)13-17-8-10-21-22(12-17)37-15-36-21/h8-14,25H,6-7,15H2,1-5H3/b23-13+/t25-/m1/s1. The van der Waals surface area contributed by atoms with Gasteiger partial charge in [0.2, 0.25) is 6.79 Å². The van der Waals surface area contributed by atoms with Crippen LogP contribution < -0.4 is 33.8 Å². The van der Waals surface area contributed by atoms with E-state index in [-0.39, 0.29) is 18.3 Å². The van der Waals surface area contributed by atoms with Gasteiger partial charge in [-0.1, -0.05) is 17.4 Å².